The van der Waals surface area contributed by atoms with Gasteiger partial charge in [-0.1, -0.05) is 72.4 Å². The third-order valence-electron chi connectivity index (χ3n) is 4.43. The monoisotopic (exact) mass is 452 g/mol. The van der Waals surface area contributed by atoms with Crippen LogP contribution in [0.3, 0.4) is 0 Å². The van der Waals surface area contributed by atoms with Gasteiger partial charge < -0.3 is 22.5 Å². The maximum atomic E-state index is 5.91. The Morgan fingerprint density at radius 2 is 1.61 bits per heavy atom. The van der Waals surface area contributed by atoms with Gasteiger partial charge in [0.05, 0.1) is 5.69 Å². The van der Waals surface area contributed by atoms with Crippen molar-refractivity contribution in [2.45, 2.75) is 18.3 Å². The summed E-state index contributed by atoms with van der Waals surface area (Å²) in [5.41, 5.74) is 3.32. The van der Waals surface area contributed by atoms with Crippen molar-refractivity contribution < 1.29 is 17.1 Å². The second-order valence-corrected chi connectivity index (χ2v) is 7.72. The Morgan fingerprint density at radius 1 is 0.871 bits per heavy atom. The van der Waals surface area contributed by atoms with Crippen molar-refractivity contribution in [3.8, 4) is 11.4 Å². The Balaban J connectivity index is 0.00000272. The number of para-hydroxylation sites is 1. The molecule has 0 atom stereocenters. The molecule has 4 rings (SSSR count). The largest absolute Gasteiger partial charge is 1.00 e. The molecular formula is C23H23ClN5OS-. The Labute approximate surface area is 192 Å². The Morgan fingerprint density at radius 3 is 2.42 bits per heavy atom. The molecule has 1 heterocycles. The van der Waals surface area contributed by atoms with E-state index in [4.69, 9.17) is 4.74 Å². The minimum atomic E-state index is 0. The molecule has 0 aliphatic rings. The number of hydrogen-bond donors (Lipinski definition) is 1. The van der Waals surface area contributed by atoms with Gasteiger partial charge >= 0.3 is 0 Å². The fraction of sp³-hybridized carbons (Fsp3) is 0.174. The molecule has 4 aromatic rings. The van der Waals surface area contributed by atoms with Gasteiger partial charge in [0.1, 0.15) is 12.4 Å². The van der Waals surface area contributed by atoms with E-state index in [0.29, 0.717) is 6.61 Å². The average molecular weight is 453 g/mol. The van der Waals surface area contributed by atoms with E-state index in [9.17, 15) is 0 Å². The first-order chi connectivity index (χ1) is 14.9. The number of nitrogens with zero attached hydrogens (tertiary/aromatic N) is 4. The zero-order chi connectivity index (χ0) is 20.4. The summed E-state index contributed by atoms with van der Waals surface area (Å²) in [4.78, 5) is 0. The molecular weight excluding hydrogens is 430 g/mol. The average Bonchev–Trinajstić information content (AvgIpc) is 3.28. The molecule has 0 radical (unpaired) electrons. The quantitative estimate of drug-likeness (QED) is 0.287. The summed E-state index contributed by atoms with van der Waals surface area (Å²) < 4.78 is 7.67. The van der Waals surface area contributed by atoms with Crippen LogP contribution in [-0.4, -0.2) is 32.5 Å². The highest BCUT2D eigenvalue weighted by Gasteiger charge is 2.08. The van der Waals surface area contributed by atoms with Crippen molar-refractivity contribution in [1.29, 1.82) is 0 Å². The fourth-order valence-corrected chi connectivity index (χ4v) is 3.72. The summed E-state index contributed by atoms with van der Waals surface area (Å²) in [5.74, 6) is 1.76. The molecule has 0 saturated carbocycles. The normalized spacial score (nSPS) is 10.5. The van der Waals surface area contributed by atoms with Crippen LogP contribution < -0.4 is 22.5 Å². The van der Waals surface area contributed by atoms with Gasteiger partial charge in [-0.2, -0.15) is 4.68 Å². The van der Waals surface area contributed by atoms with E-state index in [0.717, 1.165) is 41.0 Å². The third kappa shape index (κ3) is 6.82. The molecule has 8 heteroatoms. The number of thioether (sulfide) groups is 1. The van der Waals surface area contributed by atoms with Crippen LogP contribution in [0, 0.1) is 0 Å². The third-order valence-corrected chi connectivity index (χ3v) is 5.35. The number of halogens is 1. The SMILES string of the molecule is [Cl-].c1ccc(COc2cccc(CNCCSc3nnnn3-c3ccccc3)c2)cc1. The maximum Gasteiger partial charge on any atom is 0.214 e. The van der Waals surface area contributed by atoms with Crippen LogP contribution in [-0.2, 0) is 13.2 Å². The molecule has 1 N–H and O–H groups in total. The van der Waals surface area contributed by atoms with Crippen molar-refractivity contribution in [1.82, 2.24) is 25.5 Å². The lowest BCUT2D eigenvalue weighted by Crippen LogP contribution is -3.00. The molecule has 0 fully saturated rings. The van der Waals surface area contributed by atoms with Crippen molar-refractivity contribution in [2.24, 2.45) is 0 Å². The molecule has 160 valence electrons. The van der Waals surface area contributed by atoms with Crippen LogP contribution in [0.5, 0.6) is 5.75 Å². The summed E-state index contributed by atoms with van der Waals surface area (Å²) >= 11 is 1.63. The minimum Gasteiger partial charge on any atom is -1.00 e. The molecule has 0 saturated heterocycles. The number of ether oxygens (including phenoxy) is 1. The molecule has 0 bridgehead atoms. The van der Waals surface area contributed by atoms with Gasteiger partial charge in [0.2, 0.25) is 5.16 Å². The maximum absolute atomic E-state index is 5.91. The van der Waals surface area contributed by atoms with E-state index in [1.54, 1.807) is 16.4 Å². The second-order valence-electron chi connectivity index (χ2n) is 6.66. The highest BCUT2D eigenvalue weighted by molar-refractivity contribution is 7.99. The first-order valence-corrected chi connectivity index (χ1v) is 10.8. The molecule has 0 amide bonds. The first kappa shape index (κ1) is 22.8. The van der Waals surface area contributed by atoms with Crippen molar-refractivity contribution in [3.63, 3.8) is 0 Å². The van der Waals surface area contributed by atoms with Crippen LogP contribution in [0.25, 0.3) is 5.69 Å². The predicted octanol–water partition coefficient (Wildman–Crippen LogP) is 1.13. The van der Waals surface area contributed by atoms with Crippen LogP contribution >= 0.6 is 11.8 Å². The Kier molecular flexibility index (Phi) is 8.90. The zero-order valence-electron chi connectivity index (χ0n) is 16.9. The summed E-state index contributed by atoms with van der Waals surface area (Å²) in [6.07, 6.45) is 0. The fourth-order valence-electron chi connectivity index (χ4n) is 2.93. The molecule has 3 aromatic carbocycles. The smallest absolute Gasteiger partial charge is 0.214 e. The number of rotatable bonds is 10. The van der Waals surface area contributed by atoms with E-state index in [-0.39, 0.29) is 12.4 Å². The summed E-state index contributed by atoms with van der Waals surface area (Å²) in [5, 5.41) is 16.3. The van der Waals surface area contributed by atoms with Crippen molar-refractivity contribution >= 4 is 11.8 Å². The van der Waals surface area contributed by atoms with Gasteiger partial charge in [-0.05, 0) is 45.8 Å². The standard InChI is InChI=1S/C23H23N5OS.ClH/c1-3-8-19(9-4-1)18-29-22-13-7-10-20(16-22)17-24-14-15-30-23-25-26-27-28(23)21-11-5-2-6-12-21;/h1-13,16,24H,14-15,17-18H2;1H/p-1. The zero-order valence-corrected chi connectivity index (χ0v) is 18.5. The summed E-state index contributed by atoms with van der Waals surface area (Å²) in [6.45, 7) is 2.21. The molecule has 31 heavy (non-hydrogen) atoms. The highest BCUT2D eigenvalue weighted by Crippen LogP contribution is 2.18. The van der Waals surface area contributed by atoms with E-state index in [1.165, 1.54) is 5.56 Å². The van der Waals surface area contributed by atoms with Crippen LogP contribution in [0.2, 0.25) is 0 Å². The number of hydrogen-bond acceptors (Lipinski definition) is 6. The van der Waals surface area contributed by atoms with Gasteiger partial charge in [0.25, 0.3) is 0 Å². The number of benzene rings is 3. The van der Waals surface area contributed by atoms with E-state index in [2.05, 4.69) is 45.1 Å². The van der Waals surface area contributed by atoms with E-state index in [1.807, 2.05) is 60.7 Å². The number of nitrogens with one attached hydrogen (secondary N) is 1. The lowest BCUT2D eigenvalue weighted by atomic mass is 10.2. The highest BCUT2D eigenvalue weighted by atomic mass is 35.5. The molecule has 0 unspecified atom stereocenters. The summed E-state index contributed by atoms with van der Waals surface area (Å²) in [7, 11) is 0. The van der Waals surface area contributed by atoms with Crippen LogP contribution in [0.1, 0.15) is 11.1 Å². The van der Waals surface area contributed by atoms with Crippen molar-refractivity contribution in [2.75, 3.05) is 12.3 Å². The van der Waals surface area contributed by atoms with Gasteiger partial charge in [0.15, 0.2) is 0 Å². The minimum absolute atomic E-state index is 0. The van der Waals surface area contributed by atoms with Crippen molar-refractivity contribution in [3.05, 3.63) is 96.1 Å². The summed E-state index contributed by atoms with van der Waals surface area (Å²) in [6, 6.07) is 28.3. The van der Waals surface area contributed by atoms with Crippen LogP contribution in [0.4, 0.5) is 0 Å². The molecule has 0 spiro atoms. The molecule has 0 aliphatic heterocycles. The topological polar surface area (TPSA) is 64.9 Å². The molecule has 0 aliphatic carbocycles. The van der Waals surface area contributed by atoms with Gasteiger partial charge in [0, 0.05) is 18.8 Å². The van der Waals surface area contributed by atoms with Gasteiger partial charge in [-0.25, -0.2) is 0 Å². The molecule has 1 aromatic heterocycles. The van der Waals surface area contributed by atoms with E-state index < -0.39 is 0 Å². The Hall–Kier alpha value is -2.87. The lowest BCUT2D eigenvalue weighted by Gasteiger charge is -2.09. The first-order valence-electron chi connectivity index (χ1n) is 9.81. The second kappa shape index (κ2) is 12.1. The predicted molar refractivity (Wildman–Crippen MR) is 119 cm³/mol. The number of aromatic nitrogens is 4. The lowest BCUT2D eigenvalue weighted by molar-refractivity contribution is -0.00000651. The van der Waals surface area contributed by atoms with Crippen LogP contribution in [0.15, 0.2) is 90.1 Å². The Bertz CT molecular complexity index is 1050. The van der Waals surface area contributed by atoms with Gasteiger partial charge in [-0.15, -0.1) is 5.10 Å². The molecule has 6 nitrogen and oxygen atoms in total. The number of tetrazole rings is 1. The van der Waals surface area contributed by atoms with E-state index >= 15 is 0 Å². The van der Waals surface area contributed by atoms with Gasteiger partial charge in [-0.3, -0.25) is 0 Å².